The van der Waals surface area contributed by atoms with Crippen molar-refractivity contribution < 1.29 is 8.42 Å². The highest BCUT2D eigenvalue weighted by Crippen LogP contribution is 2.18. The Morgan fingerprint density at radius 2 is 1.88 bits per heavy atom. The van der Waals surface area contributed by atoms with Gasteiger partial charge in [0.15, 0.2) is 0 Å². The minimum absolute atomic E-state index is 0.0657. The number of alkyl halides is 1. The zero-order valence-corrected chi connectivity index (χ0v) is 13.1. The van der Waals surface area contributed by atoms with Crippen molar-refractivity contribution in [1.29, 1.82) is 0 Å². The van der Waals surface area contributed by atoms with Crippen LogP contribution in [-0.4, -0.2) is 26.0 Å². The predicted molar refractivity (Wildman–Crippen MR) is 73.4 cm³/mol. The van der Waals surface area contributed by atoms with Crippen LogP contribution in [0.15, 0.2) is 0 Å². The highest BCUT2D eigenvalue weighted by Gasteiger charge is 2.17. The van der Waals surface area contributed by atoms with Crippen molar-refractivity contribution in [2.24, 2.45) is 11.3 Å². The largest absolute Gasteiger partial charge is 0.215 e. The van der Waals surface area contributed by atoms with Crippen molar-refractivity contribution in [3.05, 3.63) is 0 Å². The van der Waals surface area contributed by atoms with Gasteiger partial charge in [-0.1, -0.05) is 43.6 Å². The second kappa shape index (κ2) is 6.97. The third-order valence-corrected chi connectivity index (χ3v) is 4.18. The lowest BCUT2D eigenvalue weighted by atomic mass is 9.94. The van der Waals surface area contributed by atoms with E-state index in [2.05, 4.69) is 41.4 Å². The van der Waals surface area contributed by atoms with Crippen molar-refractivity contribution in [3.8, 4) is 0 Å². The summed E-state index contributed by atoms with van der Waals surface area (Å²) in [7, 11) is -3.09. The van der Waals surface area contributed by atoms with Gasteiger partial charge in [-0.3, -0.25) is 0 Å². The Morgan fingerprint density at radius 3 is 2.31 bits per heavy atom. The van der Waals surface area contributed by atoms with Crippen molar-refractivity contribution in [1.82, 2.24) is 4.72 Å². The van der Waals surface area contributed by atoms with Gasteiger partial charge in [-0.05, 0) is 24.2 Å². The number of hydrogen-bond acceptors (Lipinski definition) is 2. The van der Waals surface area contributed by atoms with Gasteiger partial charge in [0, 0.05) is 11.9 Å². The fraction of sp³-hybridized carbons (Fsp3) is 1.00. The van der Waals surface area contributed by atoms with Crippen LogP contribution in [0.2, 0.25) is 0 Å². The standard InChI is InChI=1S/C11H24BrNO2S/c1-10(5-7-12)9-13-16(14,15)8-6-11(2,3)4/h10,13H,5-9H2,1-4H3. The first kappa shape index (κ1) is 16.4. The number of rotatable bonds is 7. The number of sulfonamides is 1. The summed E-state index contributed by atoms with van der Waals surface area (Å²) in [6.45, 7) is 8.74. The molecular formula is C11H24BrNO2S. The van der Waals surface area contributed by atoms with E-state index in [1.807, 2.05) is 6.92 Å². The topological polar surface area (TPSA) is 46.2 Å². The van der Waals surface area contributed by atoms with Crippen molar-refractivity contribution in [3.63, 3.8) is 0 Å². The van der Waals surface area contributed by atoms with E-state index in [1.165, 1.54) is 0 Å². The van der Waals surface area contributed by atoms with Gasteiger partial charge in [0.1, 0.15) is 0 Å². The molecule has 0 aromatic heterocycles. The predicted octanol–water partition coefficient (Wildman–Crippen LogP) is 2.76. The SMILES string of the molecule is CC(CCBr)CNS(=O)(=O)CCC(C)(C)C. The maximum atomic E-state index is 11.7. The fourth-order valence-corrected chi connectivity index (χ4v) is 3.42. The Labute approximate surface area is 109 Å². The van der Waals surface area contributed by atoms with Gasteiger partial charge >= 0.3 is 0 Å². The fourth-order valence-electron chi connectivity index (χ4n) is 1.07. The van der Waals surface area contributed by atoms with E-state index in [0.717, 1.165) is 11.8 Å². The molecule has 0 saturated carbocycles. The molecule has 0 aliphatic rings. The monoisotopic (exact) mass is 313 g/mol. The lowest BCUT2D eigenvalue weighted by Crippen LogP contribution is -2.31. The summed E-state index contributed by atoms with van der Waals surface area (Å²) in [5, 5.41) is 0.915. The molecule has 0 rings (SSSR count). The van der Waals surface area contributed by atoms with Crippen LogP contribution < -0.4 is 4.72 Å². The molecule has 1 atom stereocenters. The molecule has 0 aromatic carbocycles. The lowest BCUT2D eigenvalue weighted by Gasteiger charge is -2.18. The summed E-state index contributed by atoms with van der Waals surface area (Å²) in [6, 6.07) is 0. The molecule has 0 amide bonds. The van der Waals surface area contributed by atoms with E-state index in [9.17, 15) is 8.42 Å². The van der Waals surface area contributed by atoms with Crippen LogP contribution in [0.25, 0.3) is 0 Å². The van der Waals surface area contributed by atoms with Gasteiger partial charge in [-0.15, -0.1) is 0 Å². The molecule has 98 valence electrons. The quantitative estimate of drug-likeness (QED) is 0.735. The highest BCUT2D eigenvalue weighted by molar-refractivity contribution is 9.09. The first-order valence-electron chi connectivity index (χ1n) is 5.69. The van der Waals surface area contributed by atoms with Gasteiger partial charge in [0.25, 0.3) is 0 Å². The molecule has 0 spiro atoms. The molecule has 16 heavy (non-hydrogen) atoms. The summed E-state index contributed by atoms with van der Waals surface area (Å²) < 4.78 is 26.0. The molecule has 5 heteroatoms. The van der Waals surface area contributed by atoms with E-state index in [0.29, 0.717) is 18.9 Å². The second-order valence-corrected chi connectivity index (χ2v) is 8.28. The van der Waals surface area contributed by atoms with Gasteiger partial charge in [-0.25, -0.2) is 13.1 Å². The molecule has 0 heterocycles. The van der Waals surface area contributed by atoms with Crippen LogP contribution in [0.3, 0.4) is 0 Å². The first-order chi connectivity index (χ1) is 7.16. The Bertz CT molecular complexity index is 283. The van der Waals surface area contributed by atoms with E-state index in [-0.39, 0.29) is 11.2 Å². The molecule has 0 aliphatic carbocycles. The van der Waals surface area contributed by atoms with Crippen LogP contribution in [0.4, 0.5) is 0 Å². The zero-order chi connectivity index (χ0) is 12.8. The summed E-state index contributed by atoms with van der Waals surface area (Å²) in [5.74, 6) is 0.598. The number of hydrogen-bond donors (Lipinski definition) is 1. The molecule has 0 fully saturated rings. The number of nitrogens with one attached hydrogen (secondary N) is 1. The summed E-state index contributed by atoms with van der Waals surface area (Å²) in [5.41, 5.74) is 0.0657. The Hall–Kier alpha value is 0.390. The normalized spacial score (nSPS) is 15.1. The lowest BCUT2D eigenvalue weighted by molar-refractivity contribution is 0.396. The van der Waals surface area contributed by atoms with Gasteiger partial charge in [-0.2, -0.15) is 0 Å². The van der Waals surface area contributed by atoms with Crippen molar-refractivity contribution in [2.75, 3.05) is 17.6 Å². The van der Waals surface area contributed by atoms with Crippen molar-refractivity contribution in [2.45, 2.75) is 40.5 Å². The third-order valence-electron chi connectivity index (χ3n) is 2.37. The van der Waals surface area contributed by atoms with Crippen LogP contribution >= 0.6 is 15.9 Å². The minimum atomic E-state index is -3.09. The van der Waals surface area contributed by atoms with Gasteiger partial charge < -0.3 is 0 Å². The molecule has 3 nitrogen and oxygen atoms in total. The second-order valence-electron chi connectivity index (χ2n) is 5.56. The van der Waals surface area contributed by atoms with E-state index < -0.39 is 10.0 Å². The maximum Gasteiger partial charge on any atom is 0.211 e. The molecule has 1 unspecified atom stereocenters. The van der Waals surface area contributed by atoms with E-state index in [1.54, 1.807) is 0 Å². The Kier molecular flexibility index (Phi) is 7.14. The van der Waals surface area contributed by atoms with Gasteiger partial charge in [0.2, 0.25) is 10.0 Å². The summed E-state index contributed by atoms with van der Waals surface area (Å²) in [6.07, 6.45) is 1.68. The Balaban J connectivity index is 3.97. The molecule has 0 saturated heterocycles. The third kappa shape index (κ3) is 9.60. The maximum absolute atomic E-state index is 11.7. The molecule has 1 N–H and O–H groups in total. The Morgan fingerprint density at radius 1 is 1.31 bits per heavy atom. The molecule has 0 bridgehead atoms. The van der Waals surface area contributed by atoms with Crippen LogP contribution in [0, 0.1) is 11.3 Å². The minimum Gasteiger partial charge on any atom is -0.215 e. The summed E-state index contributed by atoms with van der Waals surface area (Å²) >= 11 is 3.35. The highest BCUT2D eigenvalue weighted by atomic mass is 79.9. The summed E-state index contributed by atoms with van der Waals surface area (Å²) in [4.78, 5) is 0. The average molecular weight is 314 g/mol. The van der Waals surface area contributed by atoms with E-state index in [4.69, 9.17) is 0 Å². The number of halogens is 1. The van der Waals surface area contributed by atoms with Gasteiger partial charge in [0.05, 0.1) is 5.75 Å². The molecule has 0 aromatic rings. The molecule has 0 radical (unpaired) electrons. The van der Waals surface area contributed by atoms with E-state index >= 15 is 0 Å². The first-order valence-corrected chi connectivity index (χ1v) is 8.47. The molecular weight excluding hydrogens is 290 g/mol. The zero-order valence-electron chi connectivity index (χ0n) is 10.7. The average Bonchev–Trinajstić information content (AvgIpc) is 2.12. The van der Waals surface area contributed by atoms with Crippen LogP contribution in [-0.2, 0) is 10.0 Å². The van der Waals surface area contributed by atoms with Crippen LogP contribution in [0.1, 0.15) is 40.5 Å². The van der Waals surface area contributed by atoms with Crippen molar-refractivity contribution >= 4 is 26.0 Å². The molecule has 0 aliphatic heterocycles. The van der Waals surface area contributed by atoms with Crippen LogP contribution in [0.5, 0.6) is 0 Å². The smallest absolute Gasteiger partial charge is 0.211 e.